The SMILES string of the molecule is CC1SCCN(C(=O)c2cc(N)ncc2Cl)C1C. The Morgan fingerprint density at radius 2 is 2.33 bits per heavy atom. The Labute approximate surface area is 116 Å². The third-order valence-electron chi connectivity index (χ3n) is 3.25. The van der Waals surface area contributed by atoms with Gasteiger partial charge in [0.1, 0.15) is 5.82 Å². The van der Waals surface area contributed by atoms with Gasteiger partial charge in [0.05, 0.1) is 10.6 Å². The molecule has 2 rings (SSSR count). The summed E-state index contributed by atoms with van der Waals surface area (Å²) in [4.78, 5) is 18.2. The zero-order chi connectivity index (χ0) is 13.3. The van der Waals surface area contributed by atoms with E-state index in [0.29, 0.717) is 21.7 Å². The first kappa shape index (κ1) is 13.5. The molecule has 1 saturated heterocycles. The largest absolute Gasteiger partial charge is 0.384 e. The van der Waals surface area contributed by atoms with E-state index >= 15 is 0 Å². The molecule has 0 spiro atoms. The summed E-state index contributed by atoms with van der Waals surface area (Å²) < 4.78 is 0. The molecule has 4 nitrogen and oxygen atoms in total. The van der Waals surface area contributed by atoms with Gasteiger partial charge in [-0.3, -0.25) is 4.79 Å². The van der Waals surface area contributed by atoms with Crippen LogP contribution < -0.4 is 5.73 Å². The number of anilines is 1. The number of nitrogens with two attached hydrogens (primary N) is 1. The van der Waals surface area contributed by atoms with Gasteiger partial charge in [-0.25, -0.2) is 4.98 Å². The molecule has 2 atom stereocenters. The van der Waals surface area contributed by atoms with Crippen molar-refractivity contribution in [2.75, 3.05) is 18.0 Å². The second-order valence-electron chi connectivity index (χ2n) is 4.40. The number of hydrogen-bond acceptors (Lipinski definition) is 4. The van der Waals surface area contributed by atoms with E-state index in [2.05, 4.69) is 18.8 Å². The first-order chi connectivity index (χ1) is 8.50. The number of aromatic nitrogens is 1. The Bertz CT molecular complexity index is 469. The molecular weight excluding hydrogens is 270 g/mol. The van der Waals surface area contributed by atoms with E-state index in [1.54, 1.807) is 6.07 Å². The maximum atomic E-state index is 12.5. The summed E-state index contributed by atoms with van der Waals surface area (Å²) in [7, 11) is 0. The lowest BCUT2D eigenvalue weighted by Crippen LogP contribution is -2.48. The lowest BCUT2D eigenvalue weighted by molar-refractivity contribution is 0.0698. The van der Waals surface area contributed by atoms with Crippen LogP contribution in [0.2, 0.25) is 5.02 Å². The van der Waals surface area contributed by atoms with Gasteiger partial charge in [-0.1, -0.05) is 18.5 Å². The Kier molecular flexibility index (Phi) is 4.02. The molecule has 0 aromatic carbocycles. The molecule has 1 fully saturated rings. The molecule has 2 N–H and O–H groups in total. The van der Waals surface area contributed by atoms with E-state index < -0.39 is 0 Å². The van der Waals surface area contributed by atoms with Crippen molar-refractivity contribution in [1.29, 1.82) is 0 Å². The first-order valence-corrected chi connectivity index (χ1v) is 7.27. The molecule has 1 aromatic rings. The van der Waals surface area contributed by atoms with Crippen molar-refractivity contribution >= 4 is 35.1 Å². The average Bonchev–Trinajstić information content (AvgIpc) is 2.35. The zero-order valence-electron chi connectivity index (χ0n) is 10.4. The topological polar surface area (TPSA) is 59.2 Å². The minimum atomic E-state index is -0.0613. The number of thioether (sulfide) groups is 1. The van der Waals surface area contributed by atoms with Crippen LogP contribution in [0.5, 0.6) is 0 Å². The minimum Gasteiger partial charge on any atom is -0.384 e. The van der Waals surface area contributed by atoms with E-state index in [-0.39, 0.29) is 11.9 Å². The Morgan fingerprint density at radius 3 is 3.06 bits per heavy atom. The number of amides is 1. The molecule has 0 bridgehead atoms. The fraction of sp³-hybridized carbons (Fsp3) is 0.500. The van der Waals surface area contributed by atoms with Gasteiger partial charge in [-0.15, -0.1) is 0 Å². The van der Waals surface area contributed by atoms with Crippen molar-refractivity contribution in [3.63, 3.8) is 0 Å². The van der Waals surface area contributed by atoms with Crippen LogP contribution in [-0.4, -0.2) is 39.4 Å². The monoisotopic (exact) mass is 285 g/mol. The van der Waals surface area contributed by atoms with E-state index in [4.69, 9.17) is 17.3 Å². The lowest BCUT2D eigenvalue weighted by Gasteiger charge is -2.37. The van der Waals surface area contributed by atoms with Crippen LogP contribution in [0.1, 0.15) is 24.2 Å². The van der Waals surface area contributed by atoms with Gasteiger partial charge in [0.2, 0.25) is 0 Å². The van der Waals surface area contributed by atoms with Crippen LogP contribution >= 0.6 is 23.4 Å². The molecular formula is C12H16ClN3OS. The smallest absolute Gasteiger partial charge is 0.255 e. The highest BCUT2D eigenvalue weighted by Crippen LogP contribution is 2.27. The van der Waals surface area contributed by atoms with Gasteiger partial charge in [-0.2, -0.15) is 11.8 Å². The van der Waals surface area contributed by atoms with Gasteiger partial charge < -0.3 is 10.6 Å². The molecule has 0 radical (unpaired) electrons. The lowest BCUT2D eigenvalue weighted by atomic mass is 10.1. The number of nitrogen functional groups attached to an aromatic ring is 1. The number of carbonyl (C=O) groups is 1. The molecule has 1 aliphatic heterocycles. The normalized spacial score (nSPS) is 24.1. The van der Waals surface area contributed by atoms with Gasteiger partial charge in [-0.05, 0) is 13.0 Å². The van der Waals surface area contributed by atoms with Crippen LogP contribution in [0, 0.1) is 0 Å². The molecule has 1 amide bonds. The number of halogens is 1. The fourth-order valence-electron chi connectivity index (χ4n) is 1.99. The highest BCUT2D eigenvalue weighted by molar-refractivity contribution is 8.00. The summed E-state index contributed by atoms with van der Waals surface area (Å²) in [6, 6.07) is 1.74. The summed E-state index contributed by atoms with van der Waals surface area (Å²) in [5.74, 6) is 1.21. The minimum absolute atomic E-state index is 0.0613. The van der Waals surface area contributed by atoms with Crippen LogP contribution in [0.25, 0.3) is 0 Å². The van der Waals surface area contributed by atoms with E-state index in [1.807, 2.05) is 16.7 Å². The molecule has 6 heteroatoms. The third-order valence-corrected chi connectivity index (χ3v) is 4.89. The number of carbonyl (C=O) groups excluding carboxylic acids is 1. The summed E-state index contributed by atoms with van der Waals surface area (Å²) in [6.07, 6.45) is 1.43. The molecule has 0 aliphatic carbocycles. The second kappa shape index (κ2) is 5.36. The number of nitrogens with zero attached hydrogens (tertiary/aromatic N) is 2. The molecule has 18 heavy (non-hydrogen) atoms. The number of pyridine rings is 1. The van der Waals surface area contributed by atoms with Crippen LogP contribution in [0.4, 0.5) is 5.82 Å². The predicted molar refractivity (Wildman–Crippen MR) is 76.1 cm³/mol. The Balaban J connectivity index is 2.27. The maximum absolute atomic E-state index is 12.5. The van der Waals surface area contributed by atoms with Gasteiger partial charge in [0.15, 0.2) is 0 Å². The molecule has 1 aromatic heterocycles. The predicted octanol–water partition coefficient (Wildman–Crippen LogP) is 2.28. The Hall–Kier alpha value is -0.940. The van der Waals surface area contributed by atoms with Crippen molar-refractivity contribution in [2.45, 2.75) is 25.1 Å². The third kappa shape index (κ3) is 2.57. The highest BCUT2D eigenvalue weighted by atomic mass is 35.5. The van der Waals surface area contributed by atoms with E-state index in [9.17, 15) is 4.79 Å². The van der Waals surface area contributed by atoms with Crippen molar-refractivity contribution < 1.29 is 4.79 Å². The first-order valence-electron chi connectivity index (χ1n) is 5.84. The van der Waals surface area contributed by atoms with Crippen molar-refractivity contribution in [2.24, 2.45) is 0 Å². The van der Waals surface area contributed by atoms with Crippen LogP contribution in [0.15, 0.2) is 12.3 Å². The average molecular weight is 286 g/mol. The van der Waals surface area contributed by atoms with Crippen LogP contribution in [-0.2, 0) is 0 Å². The second-order valence-corrected chi connectivity index (χ2v) is 6.30. The number of rotatable bonds is 1. The van der Waals surface area contributed by atoms with Crippen molar-refractivity contribution in [3.8, 4) is 0 Å². The van der Waals surface area contributed by atoms with Gasteiger partial charge in [0, 0.05) is 29.8 Å². The number of hydrogen-bond donors (Lipinski definition) is 1. The summed E-state index contributed by atoms with van der Waals surface area (Å²) in [5.41, 5.74) is 6.05. The molecule has 98 valence electrons. The quantitative estimate of drug-likeness (QED) is 0.860. The van der Waals surface area contributed by atoms with Gasteiger partial charge >= 0.3 is 0 Å². The Morgan fingerprint density at radius 1 is 1.61 bits per heavy atom. The van der Waals surface area contributed by atoms with Crippen molar-refractivity contribution in [1.82, 2.24) is 9.88 Å². The van der Waals surface area contributed by atoms with E-state index in [1.165, 1.54) is 6.20 Å². The zero-order valence-corrected chi connectivity index (χ0v) is 12.0. The molecule has 1 aliphatic rings. The highest BCUT2D eigenvalue weighted by Gasteiger charge is 2.30. The van der Waals surface area contributed by atoms with Crippen LogP contribution in [0.3, 0.4) is 0 Å². The maximum Gasteiger partial charge on any atom is 0.255 e. The fourth-order valence-corrected chi connectivity index (χ4v) is 3.28. The summed E-state index contributed by atoms with van der Waals surface area (Å²) in [6.45, 7) is 4.94. The van der Waals surface area contributed by atoms with E-state index in [0.717, 1.165) is 12.3 Å². The standard InChI is InChI=1S/C12H16ClN3OS/c1-7-8(2)18-4-3-16(7)12(17)9-5-11(14)15-6-10(9)13/h5-8H,3-4H2,1-2H3,(H2,14,15). The van der Waals surface area contributed by atoms with Crippen molar-refractivity contribution in [3.05, 3.63) is 22.8 Å². The molecule has 2 unspecified atom stereocenters. The summed E-state index contributed by atoms with van der Waals surface area (Å²) in [5, 5.41) is 0.785. The summed E-state index contributed by atoms with van der Waals surface area (Å²) >= 11 is 7.91. The molecule has 2 heterocycles. The van der Waals surface area contributed by atoms with Gasteiger partial charge in [0.25, 0.3) is 5.91 Å². The molecule has 0 saturated carbocycles.